The molecule has 0 bridgehead atoms. The Balaban J connectivity index is 1.79. The summed E-state index contributed by atoms with van der Waals surface area (Å²) in [5, 5.41) is 8.11. The molecule has 1 aliphatic heterocycles. The number of rotatable bonds is 3. The summed E-state index contributed by atoms with van der Waals surface area (Å²) in [5.41, 5.74) is 3.51. The van der Waals surface area contributed by atoms with E-state index in [0.29, 0.717) is 13.2 Å². The summed E-state index contributed by atoms with van der Waals surface area (Å²) < 4.78 is 7.71. The van der Waals surface area contributed by atoms with Crippen molar-refractivity contribution in [3.63, 3.8) is 0 Å². The fourth-order valence-corrected chi connectivity index (χ4v) is 3.75. The van der Waals surface area contributed by atoms with Gasteiger partial charge in [0, 0.05) is 42.8 Å². The number of ether oxygens (including phenoxy) is 1. The molecular weight excluding hydrogens is 354 g/mol. The molecule has 0 amide bonds. The van der Waals surface area contributed by atoms with Crippen LogP contribution in [0.25, 0.3) is 28.0 Å². The molecule has 1 fully saturated rings. The van der Waals surface area contributed by atoms with Gasteiger partial charge in [-0.1, -0.05) is 0 Å². The summed E-state index contributed by atoms with van der Waals surface area (Å²) >= 11 is 0. The highest BCUT2D eigenvalue weighted by molar-refractivity contribution is 5.97. The molecular formula is C20H21N7O. The second-order valence-electron chi connectivity index (χ2n) is 6.99. The van der Waals surface area contributed by atoms with Crippen LogP contribution in [0.2, 0.25) is 0 Å². The van der Waals surface area contributed by atoms with Gasteiger partial charge >= 0.3 is 0 Å². The molecule has 0 spiro atoms. The van der Waals surface area contributed by atoms with Gasteiger partial charge in [-0.15, -0.1) is 0 Å². The average molecular weight is 375 g/mol. The number of imidazole rings is 1. The highest BCUT2D eigenvalue weighted by Crippen LogP contribution is 2.32. The van der Waals surface area contributed by atoms with Gasteiger partial charge in [0.15, 0.2) is 0 Å². The largest absolute Gasteiger partial charge is 0.377 e. The van der Waals surface area contributed by atoms with Crippen LogP contribution in [-0.4, -0.2) is 55.5 Å². The number of morpholine rings is 1. The number of H-pyrrole nitrogens is 1. The van der Waals surface area contributed by atoms with Gasteiger partial charge in [-0.05, 0) is 26.0 Å². The van der Waals surface area contributed by atoms with Crippen LogP contribution in [0.4, 0.5) is 5.82 Å². The second-order valence-corrected chi connectivity index (χ2v) is 6.99. The van der Waals surface area contributed by atoms with Crippen molar-refractivity contribution in [3.05, 3.63) is 48.8 Å². The Hall–Kier alpha value is -3.26. The van der Waals surface area contributed by atoms with Gasteiger partial charge in [0.25, 0.3) is 0 Å². The zero-order valence-electron chi connectivity index (χ0n) is 15.8. The van der Waals surface area contributed by atoms with Gasteiger partial charge in [-0.25, -0.2) is 9.97 Å². The predicted molar refractivity (Wildman–Crippen MR) is 107 cm³/mol. The number of fused-ring (bicyclic) bond motifs is 1. The Bertz CT molecular complexity index is 1120. The Morgan fingerprint density at radius 1 is 1.18 bits per heavy atom. The molecule has 1 atom stereocenters. The molecule has 0 unspecified atom stereocenters. The van der Waals surface area contributed by atoms with Crippen LogP contribution >= 0.6 is 0 Å². The molecule has 8 nitrogen and oxygen atoms in total. The fraction of sp³-hybridized carbons (Fsp3) is 0.300. The maximum Gasteiger partial charge on any atom is 0.131 e. The highest BCUT2D eigenvalue weighted by Gasteiger charge is 2.23. The van der Waals surface area contributed by atoms with Gasteiger partial charge in [-0.3, -0.25) is 10.1 Å². The summed E-state index contributed by atoms with van der Waals surface area (Å²) in [4.78, 5) is 16.3. The minimum atomic E-state index is 0.253. The Morgan fingerprint density at radius 3 is 2.86 bits per heavy atom. The maximum atomic E-state index is 5.61. The molecule has 8 heteroatoms. The number of hydrogen-bond donors (Lipinski definition) is 1. The molecule has 0 aromatic carbocycles. The first-order valence-electron chi connectivity index (χ1n) is 9.36. The quantitative estimate of drug-likeness (QED) is 0.593. The lowest BCUT2D eigenvalue weighted by Gasteiger charge is -2.34. The lowest BCUT2D eigenvalue weighted by molar-refractivity contribution is 0.0986. The molecule has 28 heavy (non-hydrogen) atoms. The van der Waals surface area contributed by atoms with Crippen LogP contribution in [0.3, 0.4) is 0 Å². The third kappa shape index (κ3) is 2.73. The van der Waals surface area contributed by atoms with Crippen molar-refractivity contribution in [2.24, 2.45) is 0 Å². The lowest BCUT2D eigenvalue weighted by Crippen LogP contribution is -2.44. The number of pyridine rings is 2. The topological polar surface area (TPSA) is 84.8 Å². The van der Waals surface area contributed by atoms with Gasteiger partial charge in [-0.2, -0.15) is 5.10 Å². The molecule has 4 aromatic heterocycles. The number of nitrogens with zero attached hydrogens (tertiary/aromatic N) is 6. The number of aromatic nitrogens is 6. The van der Waals surface area contributed by atoms with E-state index in [1.54, 1.807) is 6.20 Å². The summed E-state index contributed by atoms with van der Waals surface area (Å²) in [6, 6.07) is 6.30. The molecule has 4 aromatic rings. The summed E-state index contributed by atoms with van der Waals surface area (Å²) in [5.74, 6) is 1.84. The van der Waals surface area contributed by atoms with E-state index in [-0.39, 0.29) is 6.04 Å². The van der Waals surface area contributed by atoms with Crippen LogP contribution < -0.4 is 4.90 Å². The van der Waals surface area contributed by atoms with Gasteiger partial charge in [0.2, 0.25) is 0 Å². The Labute approximate surface area is 162 Å². The molecule has 5 rings (SSSR count). The Morgan fingerprint density at radius 2 is 2.11 bits per heavy atom. The van der Waals surface area contributed by atoms with Crippen LogP contribution in [0.15, 0.2) is 43.0 Å². The summed E-state index contributed by atoms with van der Waals surface area (Å²) in [6.07, 6.45) is 7.33. The Kier molecular flexibility index (Phi) is 4.05. The van der Waals surface area contributed by atoms with E-state index >= 15 is 0 Å². The molecule has 1 N–H and O–H groups in total. The first kappa shape index (κ1) is 16.9. The minimum absolute atomic E-state index is 0.253. The first-order valence-corrected chi connectivity index (χ1v) is 9.36. The molecule has 0 radical (unpaired) electrons. The van der Waals surface area contributed by atoms with E-state index in [9.17, 15) is 0 Å². The monoisotopic (exact) mass is 375 g/mol. The lowest BCUT2D eigenvalue weighted by atomic mass is 10.1. The standard InChI is InChI=1S/C20H21N7O/c1-13-12-28-10-9-26(13)18-11-17(27-8-7-21-14(27)2)15-3-5-22-20(19(15)24-18)16-4-6-23-25-16/h3-8,11,13H,9-10,12H2,1-2H3,(H,23,25)/t13-/m1/s1. The zero-order valence-corrected chi connectivity index (χ0v) is 15.8. The van der Waals surface area contributed by atoms with E-state index in [0.717, 1.165) is 46.2 Å². The summed E-state index contributed by atoms with van der Waals surface area (Å²) in [6.45, 7) is 6.36. The van der Waals surface area contributed by atoms with Crippen LogP contribution in [-0.2, 0) is 4.74 Å². The van der Waals surface area contributed by atoms with Crippen LogP contribution in [0.5, 0.6) is 0 Å². The van der Waals surface area contributed by atoms with E-state index in [2.05, 4.69) is 42.6 Å². The van der Waals surface area contributed by atoms with Crippen molar-refractivity contribution in [3.8, 4) is 17.1 Å². The zero-order chi connectivity index (χ0) is 19.1. The third-order valence-electron chi connectivity index (χ3n) is 5.20. The van der Waals surface area contributed by atoms with Crippen molar-refractivity contribution in [1.29, 1.82) is 0 Å². The smallest absolute Gasteiger partial charge is 0.131 e. The molecule has 0 aliphatic carbocycles. The molecule has 5 heterocycles. The molecule has 1 saturated heterocycles. The number of anilines is 1. The van der Waals surface area contributed by atoms with Crippen molar-refractivity contribution in [2.75, 3.05) is 24.7 Å². The second kappa shape index (κ2) is 6.72. The van der Waals surface area contributed by atoms with E-state index in [4.69, 9.17) is 9.72 Å². The number of aryl methyl sites for hydroxylation is 1. The maximum absolute atomic E-state index is 5.61. The molecule has 0 saturated carbocycles. The highest BCUT2D eigenvalue weighted by atomic mass is 16.5. The predicted octanol–water partition coefficient (Wildman–Crippen LogP) is 2.74. The number of nitrogens with one attached hydrogen (secondary N) is 1. The van der Waals surface area contributed by atoms with Gasteiger partial charge < -0.3 is 14.2 Å². The average Bonchev–Trinajstić information content (AvgIpc) is 3.39. The van der Waals surface area contributed by atoms with Crippen molar-refractivity contribution in [2.45, 2.75) is 19.9 Å². The third-order valence-corrected chi connectivity index (χ3v) is 5.20. The van der Waals surface area contributed by atoms with Crippen LogP contribution in [0.1, 0.15) is 12.7 Å². The number of aromatic amines is 1. The van der Waals surface area contributed by atoms with E-state index < -0.39 is 0 Å². The summed E-state index contributed by atoms with van der Waals surface area (Å²) in [7, 11) is 0. The SMILES string of the molecule is Cc1nccn1-c1cc(N2CCOC[C@H]2C)nc2c(-c3ccn[nH]3)nccc12. The van der Waals surface area contributed by atoms with Crippen molar-refractivity contribution < 1.29 is 4.74 Å². The van der Waals surface area contributed by atoms with E-state index in [1.807, 2.05) is 37.6 Å². The molecule has 1 aliphatic rings. The number of hydrogen-bond acceptors (Lipinski definition) is 6. The normalized spacial score (nSPS) is 17.4. The van der Waals surface area contributed by atoms with Crippen molar-refractivity contribution >= 4 is 16.7 Å². The van der Waals surface area contributed by atoms with Crippen molar-refractivity contribution in [1.82, 2.24) is 29.7 Å². The van der Waals surface area contributed by atoms with Gasteiger partial charge in [0.05, 0.1) is 30.6 Å². The first-order chi connectivity index (χ1) is 13.7. The fourth-order valence-electron chi connectivity index (χ4n) is 3.75. The van der Waals surface area contributed by atoms with E-state index in [1.165, 1.54) is 0 Å². The van der Waals surface area contributed by atoms with Gasteiger partial charge in [0.1, 0.15) is 22.9 Å². The van der Waals surface area contributed by atoms with Crippen LogP contribution in [0, 0.1) is 6.92 Å². The minimum Gasteiger partial charge on any atom is -0.377 e. The molecule has 142 valence electrons.